The van der Waals surface area contributed by atoms with Crippen LogP contribution in [0.1, 0.15) is 70.0 Å². The minimum Gasteiger partial charge on any atom is -0.462 e. The van der Waals surface area contributed by atoms with Crippen LogP contribution in [0, 0.1) is 0 Å². The molecular formula is C24H36N6O5. The van der Waals surface area contributed by atoms with Crippen LogP contribution in [0.3, 0.4) is 0 Å². The van der Waals surface area contributed by atoms with Crippen LogP contribution in [0.2, 0.25) is 0 Å². The monoisotopic (exact) mass is 488 g/mol. The Labute approximate surface area is 206 Å². The minimum absolute atomic E-state index is 0.335. The number of carbonyl (C=O) groups is 2. The molecule has 1 amide bonds. The van der Waals surface area contributed by atoms with Gasteiger partial charge in [-0.1, -0.05) is 5.16 Å². The summed E-state index contributed by atoms with van der Waals surface area (Å²) in [7, 11) is 0. The second-order valence-corrected chi connectivity index (χ2v) is 10.0. The van der Waals surface area contributed by atoms with Crippen molar-refractivity contribution in [1.29, 1.82) is 0 Å². The van der Waals surface area contributed by atoms with Gasteiger partial charge in [0, 0.05) is 32.4 Å². The number of esters is 1. The summed E-state index contributed by atoms with van der Waals surface area (Å²) < 4.78 is 15.8. The van der Waals surface area contributed by atoms with Crippen molar-refractivity contribution in [1.82, 2.24) is 25.3 Å². The topological polar surface area (TPSA) is 123 Å². The van der Waals surface area contributed by atoms with Crippen molar-refractivity contribution in [2.45, 2.75) is 65.6 Å². The van der Waals surface area contributed by atoms with Crippen molar-refractivity contribution in [2.24, 2.45) is 0 Å². The molecule has 0 aromatic carbocycles. The first-order valence-electron chi connectivity index (χ1n) is 11.9. The molecule has 1 aliphatic rings. The number of anilines is 1. The van der Waals surface area contributed by atoms with Crippen molar-refractivity contribution in [3.8, 4) is 0 Å². The Morgan fingerprint density at radius 3 is 2.54 bits per heavy atom. The molecule has 1 fully saturated rings. The number of rotatable bonds is 7. The van der Waals surface area contributed by atoms with Crippen LogP contribution in [-0.2, 0) is 21.6 Å². The van der Waals surface area contributed by atoms with Crippen LogP contribution in [-0.4, -0.2) is 70.5 Å². The predicted octanol–water partition coefficient (Wildman–Crippen LogP) is 3.11. The van der Waals surface area contributed by atoms with Crippen LogP contribution in [0.5, 0.6) is 0 Å². The number of alkyl carbamates (subject to hydrolysis) is 1. The molecule has 0 saturated carbocycles. The molecule has 192 valence electrons. The quantitative estimate of drug-likeness (QED) is 0.582. The van der Waals surface area contributed by atoms with Gasteiger partial charge in [-0.05, 0) is 60.1 Å². The first kappa shape index (κ1) is 26.4. The molecule has 0 atom stereocenters. The van der Waals surface area contributed by atoms with Crippen LogP contribution >= 0.6 is 0 Å². The van der Waals surface area contributed by atoms with E-state index >= 15 is 0 Å². The molecule has 3 heterocycles. The van der Waals surface area contributed by atoms with Gasteiger partial charge in [-0.3, -0.25) is 4.90 Å². The Kier molecular flexibility index (Phi) is 8.31. The fourth-order valence-electron chi connectivity index (χ4n) is 3.65. The molecule has 11 nitrogen and oxygen atoms in total. The summed E-state index contributed by atoms with van der Waals surface area (Å²) in [5.41, 5.74) is -0.994. The molecule has 11 heteroatoms. The highest BCUT2D eigenvalue weighted by atomic mass is 16.6. The highest BCUT2D eigenvalue weighted by Gasteiger charge is 2.31. The van der Waals surface area contributed by atoms with E-state index in [0.717, 1.165) is 38.4 Å². The molecule has 0 aliphatic carbocycles. The molecule has 0 spiro atoms. The van der Waals surface area contributed by atoms with E-state index in [1.807, 2.05) is 26.8 Å². The molecule has 1 saturated heterocycles. The number of hydrogen-bond acceptors (Lipinski definition) is 10. The smallest absolute Gasteiger partial charge is 0.408 e. The summed E-state index contributed by atoms with van der Waals surface area (Å²) in [6, 6.07) is 3.60. The third-order valence-electron chi connectivity index (χ3n) is 5.37. The Morgan fingerprint density at radius 1 is 1.11 bits per heavy atom. The maximum Gasteiger partial charge on any atom is 0.408 e. The minimum atomic E-state index is -0.846. The van der Waals surface area contributed by atoms with Gasteiger partial charge in [0.1, 0.15) is 17.0 Å². The fourth-order valence-corrected chi connectivity index (χ4v) is 3.65. The average Bonchev–Trinajstić information content (AvgIpc) is 3.12. The maximum atomic E-state index is 12.2. The summed E-state index contributed by atoms with van der Waals surface area (Å²) in [6.07, 6.45) is 1.96. The van der Waals surface area contributed by atoms with E-state index in [4.69, 9.17) is 14.0 Å². The van der Waals surface area contributed by atoms with E-state index in [-0.39, 0.29) is 5.97 Å². The molecule has 0 unspecified atom stereocenters. The van der Waals surface area contributed by atoms with E-state index < -0.39 is 17.2 Å². The largest absolute Gasteiger partial charge is 0.462 e. The lowest BCUT2D eigenvalue weighted by molar-refractivity contribution is 0.0463. The summed E-state index contributed by atoms with van der Waals surface area (Å²) in [5.74, 6) is 1.34. The SMILES string of the molecule is CCOC(=O)c1ccc(N2CCCN(Cc3nc(C(C)(C)NC(=O)OC(C)(C)C)no3)CC2)nc1. The molecule has 2 aromatic rings. The lowest BCUT2D eigenvalue weighted by atomic mass is 10.1. The number of pyridine rings is 1. The molecule has 1 N–H and O–H groups in total. The molecule has 3 rings (SSSR count). The second-order valence-electron chi connectivity index (χ2n) is 10.0. The lowest BCUT2D eigenvalue weighted by Crippen LogP contribution is -2.44. The number of amides is 1. The van der Waals surface area contributed by atoms with Gasteiger partial charge in [-0.2, -0.15) is 4.98 Å². The van der Waals surface area contributed by atoms with E-state index in [2.05, 4.69) is 30.2 Å². The number of ether oxygens (including phenoxy) is 2. The first-order valence-corrected chi connectivity index (χ1v) is 11.9. The summed E-state index contributed by atoms with van der Waals surface area (Å²) in [4.78, 5) is 37.4. The molecular weight excluding hydrogens is 452 g/mol. The lowest BCUT2D eigenvalue weighted by Gasteiger charge is -2.26. The number of carbonyl (C=O) groups excluding carboxylic acids is 2. The van der Waals surface area contributed by atoms with Gasteiger partial charge < -0.3 is 24.2 Å². The Hall–Kier alpha value is -3.21. The second kappa shape index (κ2) is 11.0. The van der Waals surface area contributed by atoms with Crippen LogP contribution in [0.25, 0.3) is 0 Å². The van der Waals surface area contributed by atoms with E-state index in [9.17, 15) is 9.59 Å². The zero-order chi connectivity index (χ0) is 25.6. The van der Waals surface area contributed by atoms with Gasteiger partial charge in [0.2, 0.25) is 5.89 Å². The number of nitrogens with zero attached hydrogens (tertiary/aromatic N) is 5. The van der Waals surface area contributed by atoms with Crippen molar-refractivity contribution >= 4 is 17.9 Å². The summed E-state index contributed by atoms with van der Waals surface area (Å²) in [5, 5.41) is 6.88. The van der Waals surface area contributed by atoms with Crippen molar-refractivity contribution in [3.63, 3.8) is 0 Å². The molecule has 35 heavy (non-hydrogen) atoms. The third-order valence-corrected chi connectivity index (χ3v) is 5.37. The molecule has 2 aromatic heterocycles. The number of nitrogens with one attached hydrogen (secondary N) is 1. The zero-order valence-electron chi connectivity index (χ0n) is 21.5. The first-order chi connectivity index (χ1) is 16.5. The average molecular weight is 489 g/mol. The van der Waals surface area contributed by atoms with Gasteiger partial charge in [0.05, 0.1) is 18.7 Å². The number of hydrogen-bond donors (Lipinski definition) is 1. The Bertz CT molecular complexity index is 999. The zero-order valence-corrected chi connectivity index (χ0v) is 21.5. The van der Waals surface area contributed by atoms with Crippen LogP contribution < -0.4 is 10.2 Å². The molecule has 1 aliphatic heterocycles. The Morgan fingerprint density at radius 2 is 1.89 bits per heavy atom. The number of aromatic nitrogens is 3. The third kappa shape index (κ3) is 7.64. The standard InChI is InChI=1S/C24H36N6O5/c1-7-33-20(31)17-9-10-18(25-15-17)30-12-8-11-29(13-14-30)16-19-26-21(28-35-19)24(5,6)27-22(32)34-23(2,3)4/h9-10,15H,7-8,11-14,16H2,1-6H3,(H,27,32). The highest BCUT2D eigenvalue weighted by Crippen LogP contribution is 2.20. The molecule has 0 bridgehead atoms. The van der Waals surface area contributed by atoms with Gasteiger partial charge in [0.15, 0.2) is 5.82 Å². The van der Waals surface area contributed by atoms with Gasteiger partial charge in [-0.15, -0.1) is 0 Å². The normalized spacial score (nSPS) is 15.4. The van der Waals surface area contributed by atoms with Crippen molar-refractivity contribution in [2.75, 3.05) is 37.7 Å². The Balaban J connectivity index is 1.55. The fraction of sp³-hybridized carbons (Fsp3) is 0.625. The van der Waals surface area contributed by atoms with Crippen molar-refractivity contribution in [3.05, 3.63) is 35.6 Å². The van der Waals surface area contributed by atoms with E-state index in [0.29, 0.717) is 30.4 Å². The summed E-state index contributed by atoms with van der Waals surface area (Å²) in [6.45, 7) is 14.9. The van der Waals surface area contributed by atoms with Gasteiger partial charge in [0.25, 0.3) is 0 Å². The van der Waals surface area contributed by atoms with Crippen LogP contribution in [0.4, 0.5) is 10.6 Å². The van der Waals surface area contributed by atoms with Gasteiger partial charge in [-0.25, -0.2) is 14.6 Å². The summed E-state index contributed by atoms with van der Waals surface area (Å²) >= 11 is 0. The van der Waals surface area contributed by atoms with E-state index in [1.165, 1.54) is 0 Å². The molecule has 0 radical (unpaired) electrons. The maximum absolute atomic E-state index is 12.2. The van der Waals surface area contributed by atoms with Crippen molar-refractivity contribution < 1.29 is 23.6 Å². The predicted molar refractivity (Wildman–Crippen MR) is 129 cm³/mol. The van der Waals surface area contributed by atoms with E-state index in [1.54, 1.807) is 33.0 Å². The van der Waals surface area contributed by atoms with Gasteiger partial charge >= 0.3 is 12.1 Å². The highest BCUT2D eigenvalue weighted by molar-refractivity contribution is 5.89. The van der Waals surface area contributed by atoms with Crippen LogP contribution in [0.15, 0.2) is 22.9 Å².